The predicted molar refractivity (Wildman–Crippen MR) is 113 cm³/mol. The molecule has 0 N–H and O–H groups in total. The van der Waals surface area contributed by atoms with Gasteiger partial charge in [-0.25, -0.2) is 0 Å². The van der Waals surface area contributed by atoms with Gasteiger partial charge in [-0.05, 0) is 53.8 Å². The van der Waals surface area contributed by atoms with Gasteiger partial charge in [0.2, 0.25) is 0 Å². The third kappa shape index (κ3) is 3.53. The second-order valence-electron chi connectivity index (χ2n) is 7.15. The highest BCUT2D eigenvalue weighted by molar-refractivity contribution is 7.86. The lowest BCUT2D eigenvalue weighted by Crippen LogP contribution is -2.16. The third-order valence-corrected chi connectivity index (χ3v) is 6.50. The lowest BCUT2D eigenvalue weighted by atomic mass is 9.88. The first-order chi connectivity index (χ1) is 13.5. The molecule has 0 radical (unpaired) electrons. The van der Waals surface area contributed by atoms with Crippen molar-refractivity contribution in [2.24, 2.45) is 0 Å². The monoisotopic (exact) mass is 390 g/mol. The number of aryl methyl sites for hydroxylation is 1. The Morgan fingerprint density at radius 2 is 1.46 bits per heavy atom. The molecule has 3 aromatic rings. The molecule has 0 heterocycles. The molecule has 0 amide bonds. The Morgan fingerprint density at radius 3 is 2.21 bits per heavy atom. The zero-order chi connectivity index (χ0) is 19.7. The molecular weight excluding hydrogens is 368 g/mol. The first-order valence-corrected chi connectivity index (χ1v) is 10.7. The first-order valence-electron chi connectivity index (χ1n) is 9.28. The Kier molecular flexibility index (Phi) is 4.92. The molecule has 3 aromatic carbocycles. The fraction of sp³-hybridized carbons (Fsp3) is 0.167. The second kappa shape index (κ2) is 7.38. The summed E-state index contributed by atoms with van der Waals surface area (Å²) in [7, 11) is -3.82. The van der Waals surface area contributed by atoms with E-state index in [0.717, 1.165) is 33.4 Å². The molecule has 1 atom stereocenters. The number of rotatable bonds is 4. The first kappa shape index (κ1) is 18.7. The Morgan fingerprint density at radius 1 is 0.821 bits per heavy atom. The molecule has 3 nitrogen and oxygen atoms in total. The Bertz CT molecular complexity index is 1140. The van der Waals surface area contributed by atoms with Crippen LogP contribution in [0.2, 0.25) is 0 Å². The van der Waals surface area contributed by atoms with Crippen LogP contribution in [-0.4, -0.2) is 15.0 Å². The van der Waals surface area contributed by atoms with E-state index < -0.39 is 10.1 Å². The number of hydrogen-bond acceptors (Lipinski definition) is 3. The highest BCUT2D eigenvalue weighted by Gasteiger charge is 2.26. The molecule has 142 valence electrons. The van der Waals surface area contributed by atoms with Gasteiger partial charge >= 0.3 is 0 Å². The van der Waals surface area contributed by atoms with Crippen molar-refractivity contribution in [1.82, 2.24) is 0 Å². The molecule has 4 rings (SSSR count). The fourth-order valence-corrected chi connectivity index (χ4v) is 4.63. The number of fused-ring (bicyclic) bond motifs is 2. The van der Waals surface area contributed by atoms with E-state index in [4.69, 9.17) is 4.18 Å². The zero-order valence-corrected chi connectivity index (χ0v) is 16.7. The van der Waals surface area contributed by atoms with Crippen LogP contribution >= 0.6 is 0 Å². The van der Waals surface area contributed by atoms with Crippen LogP contribution < -0.4 is 0 Å². The standard InChI is InChI=1S/C24H22O3S/c1-17-11-13-20(14-12-17)28(25,26)27-16-24-22-9-4-3-7-19(22)15-18(2)21-8-5-6-10-23(21)24/h3-15,24H,16H2,1-2H3. The third-order valence-electron chi connectivity index (χ3n) is 5.20. The lowest BCUT2D eigenvalue weighted by molar-refractivity contribution is 0.305. The minimum atomic E-state index is -3.82. The quantitative estimate of drug-likeness (QED) is 0.560. The van der Waals surface area contributed by atoms with E-state index >= 15 is 0 Å². The van der Waals surface area contributed by atoms with E-state index in [-0.39, 0.29) is 17.4 Å². The average Bonchev–Trinajstić information content (AvgIpc) is 2.81. The summed E-state index contributed by atoms with van der Waals surface area (Å²) in [5, 5.41) is 0. The van der Waals surface area contributed by atoms with E-state index in [9.17, 15) is 8.42 Å². The van der Waals surface area contributed by atoms with E-state index in [0.29, 0.717) is 0 Å². The van der Waals surface area contributed by atoms with Crippen molar-refractivity contribution in [3.05, 3.63) is 101 Å². The van der Waals surface area contributed by atoms with E-state index in [1.807, 2.05) is 37.3 Å². The number of benzene rings is 3. The Hall–Kier alpha value is -2.69. The van der Waals surface area contributed by atoms with Crippen molar-refractivity contribution >= 4 is 21.8 Å². The van der Waals surface area contributed by atoms with Gasteiger partial charge in [0.25, 0.3) is 10.1 Å². The van der Waals surface area contributed by atoms with Gasteiger partial charge in [-0.15, -0.1) is 0 Å². The lowest BCUT2D eigenvalue weighted by Gasteiger charge is -2.20. The topological polar surface area (TPSA) is 43.4 Å². The molecule has 4 heteroatoms. The van der Waals surface area contributed by atoms with Gasteiger partial charge in [0.1, 0.15) is 0 Å². The summed E-state index contributed by atoms with van der Waals surface area (Å²) < 4.78 is 31.0. The van der Waals surface area contributed by atoms with E-state index in [2.05, 4.69) is 31.2 Å². The van der Waals surface area contributed by atoms with Crippen molar-refractivity contribution in [2.75, 3.05) is 6.61 Å². The van der Waals surface area contributed by atoms with Crippen LogP contribution in [-0.2, 0) is 14.3 Å². The maximum absolute atomic E-state index is 12.7. The molecule has 0 fully saturated rings. The predicted octanol–water partition coefficient (Wildman–Crippen LogP) is 5.41. The molecule has 0 saturated heterocycles. The molecule has 0 aromatic heterocycles. The van der Waals surface area contributed by atoms with Gasteiger partial charge in [-0.3, -0.25) is 4.18 Å². The molecule has 0 aliphatic heterocycles. The average molecular weight is 391 g/mol. The largest absolute Gasteiger partial charge is 0.297 e. The highest BCUT2D eigenvalue weighted by Crippen LogP contribution is 2.38. The van der Waals surface area contributed by atoms with Gasteiger partial charge in [0, 0.05) is 5.92 Å². The molecule has 28 heavy (non-hydrogen) atoms. The fourth-order valence-electron chi connectivity index (χ4n) is 3.71. The number of hydrogen-bond donors (Lipinski definition) is 0. The minimum absolute atomic E-state index is 0.0609. The second-order valence-corrected chi connectivity index (χ2v) is 8.76. The molecule has 1 aliphatic carbocycles. The summed E-state index contributed by atoms with van der Waals surface area (Å²) >= 11 is 0. The van der Waals surface area contributed by atoms with Gasteiger partial charge in [0.15, 0.2) is 0 Å². The van der Waals surface area contributed by atoms with Crippen molar-refractivity contribution in [3.63, 3.8) is 0 Å². The molecule has 0 bridgehead atoms. The van der Waals surface area contributed by atoms with Crippen LogP contribution in [0.3, 0.4) is 0 Å². The van der Waals surface area contributed by atoms with E-state index in [1.54, 1.807) is 24.3 Å². The van der Waals surface area contributed by atoms with Gasteiger partial charge in [0.05, 0.1) is 11.5 Å². The SMILES string of the molecule is CC1=Cc2ccccc2C(COS(=O)(=O)c2ccc(C)cc2)c2ccccc21. The normalized spacial score (nSPS) is 15.9. The molecular formula is C24H22O3S. The van der Waals surface area contributed by atoms with Crippen molar-refractivity contribution < 1.29 is 12.6 Å². The van der Waals surface area contributed by atoms with Crippen LogP contribution in [0.4, 0.5) is 0 Å². The van der Waals surface area contributed by atoms with Crippen LogP contribution in [0.25, 0.3) is 11.6 Å². The molecule has 1 aliphatic rings. The van der Waals surface area contributed by atoms with Crippen molar-refractivity contribution in [2.45, 2.75) is 24.7 Å². The number of allylic oxidation sites excluding steroid dienone is 1. The van der Waals surface area contributed by atoms with Gasteiger partial charge < -0.3 is 0 Å². The van der Waals surface area contributed by atoms with Crippen LogP contribution in [0, 0.1) is 6.92 Å². The maximum Gasteiger partial charge on any atom is 0.297 e. The summed E-state index contributed by atoms with van der Waals surface area (Å²) in [6.45, 7) is 4.07. The smallest absolute Gasteiger partial charge is 0.265 e. The minimum Gasteiger partial charge on any atom is -0.265 e. The summed E-state index contributed by atoms with van der Waals surface area (Å²) in [6.07, 6.45) is 2.16. The van der Waals surface area contributed by atoms with E-state index in [1.165, 1.54) is 0 Å². The highest BCUT2D eigenvalue weighted by atomic mass is 32.2. The summed E-state index contributed by atoms with van der Waals surface area (Å²) in [5.74, 6) is -0.165. The Labute approximate surface area is 166 Å². The Balaban J connectivity index is 1.72. The molecule has 0 saturated carbocycles. The molecule has 1 unspecified atom stereocenters. The van der Waals surface area contributed by atoms with Crippen LogP contribution in [0.1, 0.15) is 40.7 Å². The summed E-state index contributed by atoms with van der Waals surface area (Å²) in [4.78, 5) is 0.183. The molecule has 0 spiro atoms. The van der Waals surface area contributed by atoms with Crippen molar-refractivity contribution in [3.8, 4) is 0 Å². The summed E-state index contributed by atoms with van der Waals surface area (Å²) in [5.41, 5.74) is 6.54. The van der Waals surface area contributed by atoms with Gasteiger partial charge in [-0.2, -0.15) is 8.42 Å². The zero-order valence-electron chi connectivity index (χ0n) is 15.9. The van der Waals surface area contributed by atoms with Crippen LogP contribution in [0.15, 0.2) is 77.7 Å². The maximum atomic E-state index is 12.7. The van der Waals surface area contributed by atoms with Crippen molar-refractivity contribution in [1.29, 1.82) is 0 Å². The van der Waals surface area contributed by atoms with Crippen LogP contribution in [0.5, 0.6) is 0 Å². The summed E-state index contributed by atoms with van der Waals surface area (Å²) in [6, 6.07) is 23.0. The van der Waals surface area contributed by atoms with Gasteiger partial charge in [-0.1, -0.05) is 72.3 Å².